The Balaban J connectivity index is 2.72. The van der Waals surface area contributed by atoms with Gasteiger partial charge in [-0.2, -0.15) is 4.31 Å². The summed E-state index contributed by atoms with van der Waals surface area (Å²) in [7, 11) is -3.18. The summed E-state index contributed by atoms with van der Waals surface area (Å²) in [5.74, 6) is -0.965. The Labute approximate surface area is 76.7 Å². The number of hydrogen-bond donors (Lipinski definition) is 1. The molecule has 0 aromatic carbocycles. The van der Waals surface area contributed by atoms with Crippen molar-refractivity contribution in [3.63, 3.8) is 0 Å². The molecular weight excluding hydrogens is 194 g/mol. The summed E-state index contributed by atoms with van der Waals surface area (Å²) >= 11 is 0. The van der Waals surface area contributed by atoms with E-state index in [0.29, 0.717) is 5.57 Å². The molecule has 0 aromatic rings. The molecule has 0 aromatic heterocycles. The molecule has 5 nitrogen and oxygen atoms in total. The molecule has 1 heterocycles. The number of aliphatic carboxylic acids is 1. The maximum absolute atomic E-state index is 11.0. The topological polar surface area (TPSA) is 74.7 Å². The molecule has 1 rings (SSSR count). The normalized spacial score (nSPS) is 19.6. The van der Waals surface area contributed by atoms with Crippen LogP contribution < -0.4 is 0 Å². The fraction of sp³-hybridized carbons (Fsp3) is 0.571. The van der Waals surface area contributed by atoms with Crippen molar-refractivity contribution in [3.05, 3.63) is 11.6 Å². The van der Waals surface area contributed by atoms with Crippen LogP contribution in [0.2, 0.25) is 0 Å². The van der Waals surface area contributed by atoms with Gasteiger partial charge in [0.25, 0.3) is 0 Å². The lowest BCUT2D eigenvalue weighted by molar-refractivity contribution is -0.132. The molecule has 74 valence electrons. The average Bonchev–Trinajstić information content (AvgIpc) is 2.03. The smallest absolute Gasteiger partial charge is 0.331 e. The summed E-state index contributed by atoms with van der Waals surface area (Å²) < 4.78 is 23.3. The molecule has 0 spiro atoms. The monoisotopic (exact) mass is 205 g/mol. The van der Waals surface area contributed by atoms with Gasteiger partial charge in [0, 0.05) is 18.7 Å². The molecule has 1 aliphatic rings. The van der Waals surface area contributed by atoms with Crippen molar-refractivity contribution in [2.75, 3.05) is 19.3 Å². The highest BCUT2D eigenvalue weighted by Crippen LogP contribution is 2.12. The van der Waals surface area contributed by atoms with E-state index in [0.717, 1.165) is 6.26 Å². The lowest BCUT2D eigenvalue weighted by Gasteiger charge is -2.22. The van der Waals surface area contributed by atoms with E-state index >= 15 is 0 Å². The van der Waals surface area contributed by atoms with Gasteiger partial charge >= 0.3 is 5.97 Å². The molecule has 0 saturated heterocycles. The van der Waals surface area contributed by atoms with Crippen LogP contribution in [0.25, 0.3) is 0 Å². The van der Waals surface area contributed by atoms with Crippen LogP contribution in [0.5, 0.6) is 0 Å². The third kappa shape index (κ3) is 2.53. The Bertz CT molecular complexity index is 344. The van der Waals surface area contributed by atoms with Gasteiger partial charge in [0.15, 0.2) is 0 Å². The lowest BCUT2D eigenvalue weighted by atomic mass is 10.1. The molecule has 0 unspecified atom stereocenters. The first-order chi connectivity index (χ1) is 5.91. The van der Waals surface area contributed by atoms with Gasteiger partial charge in [-0.15, -0.1) is 0 Å². The Kier molecular flexibility index (Phi) is 2.72. The van der Waals surface area contributed by atoms with E-state index in [1.165, 1.54) is 10.4 Å². The van der Waals surface area contributed by atoms with E-state index in [2.05, 4.69) is 0 Å². The van der Waals surface area contributed by atoms with Gasteiger partial charge in [-0.3, -0.25) is 0 Å². The molecule has 13 heavy (non-hydrogen) atoms. The van der Waals surface area contributed by atoms with Crippen molar-refractivity contribution < 1.29 is 18.3 Å². The van der Waals surface area contributed by atoms with Gasteiger partial charge in [0.05, 0.1) is 6.26 Å². The number of nitrogens with zero attached hydrogens (tertiary/aromatic N) is 1. The van der Waals surface area contributed by atoms with Crippen molar-refractivity contribution in [3.8, 4) is 0 Å². The zero-order valence-electron chi connectivity index (χ0n) is 7.23. The molecule has 0 atom stereocenters. The SMILES string of the molecule is CS(=O)(=O)N1CC=C(C(=O)O)CC1. The number of carboxylic acid groups (broad SMARTS) is 1. The van der Waals surface area contributed by atoms with Crippen molar-refractivity contribution in [1.29, 1.82) is 0 Å². The van der Waals surface area contributed by atoms with E-state index in [1.807, 2.05) is 0 Å². The average molecular weight is 205 g/mol. The van der Waals surface area contributed by atoms with Crippen molar-refractivity contribution in [2.45, 2.75) is 6.42 Å². The van der Waals surface area contributed by atoms with Crippen LogP contribution in [-0.4, -0.2) is 43.1 Å². The molecule has 0 aliphatic carbocycles. The molecule has 0 amide bonds. The number of sulfonamides is 1. The van der Waals surface area contributed by atoms with Crippen molar-refractivity contribution in [2.24, 2.45) is 0 Å². The van der Waals surface area contributed by atoms with Gasteiger partial charge < -0.3 is 5.11 Å². The fourth-order valence-corrected chi connectivity index (χ4v) is 1.91. The largest absolute Gasteiger partial charge is 0.478 e. The molecular formula is C7H11NO4S. The maximum Gasteiger partial charge on any atom is 0.331 e. The van der Waals surface area contributed by atoms with Crippen LogP contribution in [0.1, 0.15) is 6.42 Å². The molecule has 0 saturated carbocycles. The van der Waals surface area contributed by atoms with Crippen molar-refractivity contribution >= 4 is 16.0 Å². The standard InChI is InChI=1S/C7H11NO4S/c1-13(11,12)8-4-2-6(3-5-8)7(9)10/h2H,3-5H2,1H3,(H,9,10). The predicted molar refractivity (Wildman–Crippen MR) is 46.8 cm³/mol. The van der Waals surface area contributed by atoms with Crippen LogP contribution in [0, 0.1) is 0 Å². The second kappa shape index (κ2) is 3.47. The van der Waals surface area contributed by atoms with E-state index in [9.17, 15) is 13.2 Å². The Hall–Kier alpha value is -0.880. The number of hydrogen-bond acceptors (Lipinski definition) is 3. The number of carboxylic acids is 1. The molecule has 1 N–H and O–H groups in total. The quantitative estimate of drug-likeness (QED) is 0.669. The minimum atomic E-state index is -3.18. The van der Waals surface area contributed by atoms with Gasteiger partial charge in [-0.25, -0.2) is 13.2 Å². The Morgan fingerprint density at radius 2 is 2.23 bits per heavy atom. The Morgan fingerprint density at radius 1 is 1.62 bits per heavy atom. The van der Waals surface area contributed by atoms with Gasteiger partial charge in [-0.05, 0) is 6.42 Å². The first-order valence-electron chi connectivity index (χ1n) is 3.78. The summed E-state index contributed by atoms with van der Waals surface area (Å²) in [4.78, 5) is 10.5. The van der Waals surface area contributed by atoms with Crippen molar-refractivity contribution in [1.82, 2.24) is 4.31 Å². The lowest BCUT2D eigenvalue weighted by Crippen LogP contribution is -2.34. The summed E-state index contributed by atoms with van der Waals surface area (Å²) in [6.07, 6.45) is 2.84. The van der Waals surface area contributed by atoms with E-state index in [-0.39, 0.29) is 19.5 Å². The zero-order valence-corrected chi connectivity index (χ0v) is 8.04. The van der Waals surface area contributed by atoms with Gasteiger partial charge in [0.2, 0.25) is 10.0 Å². The number of rotatable bonds is 2. The van der Waals surface area contributed by atoms with E-state index in [4.69, 9.17) is 5.11 Å². The highest BCUT2D eigenvalue weighted by Gasteiger charge is 2.21. The molecule has 6 heteroatoms. The van der Waals surface area contributed by atoms with E-state index in [1.54, 1.807) is 0 Å². The third-order valence-electron chi connectivity index (χ3n) is 1.92. The molecule has 0 radical (unpaired) electrons. The first kappa shape index (κ1) is 10.2. The summed E-state index contributed by atoms with van der Waals surface area (Å²) in [6, 6.07) is 0. The zero-order chi connectivity index (χ0) is 10.1. The van der Waals surface area contributed by atoms with Gasteiger partial charge in [0.1, 0.15) is 0 Å². The van der Waals surface area contributed by atoms with Crippen LogP contribution in [0.3, 0.4) is 0 Å². The fourth-order valence-electron chi connectivity index (χ4n) is 1.15. The number of carbonyl (C=O) groups is 1. The van der Waals surface area contributed by atoms with Crippen LogP contribution >= 0.6 is 0 Å². The van der Waals surface area contributed by atoms with Crippen LogP contribution in [0.15, 0.2) is 11.6 Å². The highest BCUT2D eigenvalue weighted by molar-refractivity contribution is 7.88. The second-order valence-electron chi connectivity index (χ2n) is 2.91. The summed E-state index contributed by atoms with van der Waals surface area (Å²) in [5.41, 5.74) is 0.292. The summed E-state index contributed by atoms with van der Waals surface area (Å²) in [5, 5.41) is 8.59. The second-order valence-corrected chi connectivity index (χ2v) is 4.89. The molecule has 1 aliphatic heterocycles. The van der Waals surface area contributed by atoms with Gasteiger partial charge in [-0.1, -0.05) is 6.08 Å². The first-order valence-corrected chi connectivity index (χ1v) is 5.63. The highest BCUT2D eigenvalue weighted by atomic mass is 32.2. The third-order valence-corrected chi connectivity index (χ3v) is 3.19. The van der Waals surface area contributed by atoms with E-state index < -0.39 is 16.0 Å². The Morgan fingerprint density at radius 3 is 2.54 bits per heavy atom. The maximum atomic E-state index is 11.0. The minimum absolute atomic E-state index is 0.167. The molecule has 0 bridgehead atoms. The van der Waals surface area contributed by atoms with Crippen LogP contribution in [0.4, 0.5) is 0 Å². The minimum Gasteiger partial charge on any atom is -0.478 e. The molecule has 0 fully saturated rings. The predicted octanol–water partition coefficient (Wildman–Crippen LogP) is -0.337. The van der Waals surface area contributed by atoms with Crippen LogP contribution in [-0.2, 0) is 14.8 Å². The summed E-state index contributed by atoms with van der Waals surface area (Å²) in [6.45, 7) is 0.428.